The number of aromatic nitrogens is 2. The molecule has 3 aromatic rings. The molecular weight excluding hydrogens is 413 g/mol. The van der Waals surface area contributed by atoms with E-state index in [2.05, 4.69) is 15.3 Å². The molecule has 0 aliphatic rings. The number of fused-ring (bicyclic) bond motifs is 1. The highest BCUT2D eigenvalue weighted by atomic mass is 35.5. The van der Waals surface area contributed by atoms with Gasteiger partial charge in [0, 0.05) is 12.1 Å². The van der Waals surface area contributed by atoms with Crippen LogP contribution in [0, 0.1) is 11.6 Å². The summed E-state index contributed by atoms with van der Waals surface area (Å²) >= 11 is 6.63. The predicted molar refractivity (Wildman–Crippen MR) is 91.8 cm³/mol. The van der Waals surface area contributed by atoms with Crippen molar-refractivity contribution in [3.63, 3.8) is 0 Å². The van der Waals surface area contributed by atoms with E-state index < -0.39 is 35.0 Å². The number of nitrogens with zero attached hydrogens (tertiary/aromatic N) is 1. The van der Waals surface area contributed by atoms with E-state index in [4.69, 9.17) is 11.6 Å². The number of carbonyl (C=O) groups is 1. The van der Waals surface area contributed by atoms with Crippen LogP contribution in [0.1, 0.15) is 5.56 Å². The monoisotopic (exact) mass is 421 g/mol. The van der Waals surface area contributed by atoms with Gasteiger partial charge in [-0.1, -0.05) is 29.4 Å². The highest BCUT2D eigenvalue weighted by Gasteiger charge is 2.34. The maximum Gasteiger partial charge on any atom is 0.418 e. The van der Waals surface area contributed by atoms with Crippen molar-refractivity contribution in [2.24, 2.45) is 0 Å². The molecule has 0 saturated carbocycles. The van der Waals surface area contributed by atoms with E-state index in [1.807, 2.05) is 0 Å². The number of anilines is 1. The number of benzene rings is 2. The zero-order valence-electron chi connectivity index (χ0n) is 13.1. The molecule has 0 unspecified atom stereocenters. The lowest BCUT2D eigenvalue weighted by Crippen LogP contribution is -2.18. The first-order chi connectivity index (χ1) is 12.6. The molecule has 0 radical (unpaired) electrons. The van der Waals surface area contributed by atoms with Crippen LogP contribution in [0.5, 0.6) is 0 Å². The second-order valence-electron chi connectivity index (χ2n) is 5.32. The molecule has 2 aromatic carbocycles. The van der Waals surface area contributed by atoms with Crippen molar-refractivity contribution in [1.29, 1.82) is 0 Å². The van der Waals surface area contributed by atoms with Crippen molar-refractivity contribution < 1.29 is 26.7 Å². The minimum Gasteiger partial charge on any atom is -0.333 e. The first kappa shape index (κ1) is 19.4. The van der Waals surface area contributed by atoms with Crippen LogP contribution < -0.4 is 5.32 Å². The molecule has 1 heterocycles. The van der Waals surface area contributed by atoms with E-state index in [0.717, 1.165) is 36.0 Å². The van der Waals surface area contributed by atoms with E-state index >= 15 is 0 Å². The van der Waals surface area contributed by atoms with Crippen molar-refractivity contribution in [3.05, 3.63) is 52.6 Å². The maximum absolute atomic E-state index is 13.2. The lowest BCUT2D eigenvalue weighted by molar-refractivity contribution is -0.137. The molecule has 0 fully saturated rings. The number of H-pyrrole nitrogens is 1. The topological polar surface area (TPSA) is 57.8 Å². The molecule has 27 heavy (non-hydrogen) atoms. The standard InChI is InChI=1S/C16H9ClF5N3OS/c17-8-3-1-2-7(16(20,21)22)14(8)25-13(26)6-27-15-23-11-4-9(18)10(19)5-12(11)24-15/h1-5H,6H2,(H,23,24)(H,25,26). The van der Waals surface area contributed by atoms with Crippen LogP contribution in [0.25, 0.3) is 11.0 Å². The van der Waals surface area contributed by atoms with E-state index in [1.54, 1.807) is 0 Å². The Bertz CT molecular complexity index is 982. The van der Waals surface area contributed by atoms with Gasteiger partial charge in [-0.15, -0.1) is 0 Å². The minimum absolute atomic E-state index is 0.155. The largest absolute Gasteiger partial charge is 0.418 e. The molecule has 4 nitrogen and oxygen atoms in total. The SMILES string of the molecule is O=C(CSc1nc2cc(F)c(F)cc2[nH]1)Nc1c(Cl)cccc1C(F)(F)F. The molecule has 11 heteroatoms. The zero-order chi connectivity index (χ0) is 19.8. The molecule has 1 aromatic heterocycles. The number of carbonyl (C=O) groups excluding carboxylic acids is 1. The molecule has 0 spiro atoms. The molecule has 0 aliphatic carbocycles. The van der Waals surface area contributed by atoms with Crippen LogP contribution in [-0.2, 0) is 11.0 Å². The summed E-state index contributed by atoms with van der Waals surface area (Å²) in [4.78, 5) is 18.7. The molecule has 0 atom stereocenters. The number of alkyl halides is 3. The minimum atomic E-state index is -4.69. The molecule has 142 valence electrons. The Hall–Kier alpha value is -2.33. The molecule has 2 N–H and O–H groups in total. The Morgan fingerprint density at radius 3 is 2.63 bits per heavy atom. The van der Waals surface area contributed by atoms with Gasteiger partial charge in [0.2, 0.25) is 5.91 Å². The van der Waals surface area contributed by atoms with Gasteiger partial charge in [0.25, 0.3) is 0 Å². The van der Waals surface area contributed by atoms with Crippen molar-refractivity contribution in [2.75, 3.05) is 11.1 Å². The lowest BCUT2D eigenvalue weighted by Gasteiger charge is -2.14. The van der Waals surface area contributed by atoms with Crippen molar-refractivity contribution in [3.8, 4) is 0 Å². The number of amides is 1. The summed E-state index contributed by atoms with van der Waals surface area (Å²) < 4.78 is 65.4. The van der Waals surface area contributed by atoms with Gasteiger partial charge < -0.3 is 10.3 Å². The number of aromatic amines is 1. The highest BCUT2D eigenvalue weighted by molar-refractivity contribution is 7.99. The van der Waals surface area contributed by atoms with Crippen LogP contribution in [0.2, 0.25) is 5.02 Å². The summed E-state index contributed by atoms with van der Waals surface area (Å²) in [5.74, 6) is -3.18. The van der Waals surface area contributed by atoms with E-state index in [1.165, 1.54) is 6.07 Å². The zero-order valence-corrected chi connectivity index (χ0v) is 14.7. The summed E-state index contributed by atoms with van der Waals surface area (Å²) in [7, 11) is 0. The molecule has 0 saturated heterocycles. The average molecular weight is 422 g/mol. The van der Waals surface area contributed by atoms with E-state index in [-0.39, 0.29) is 27.0 Å². The van der Waals surface area contributed by atoms with Crippen molar-refractivity contribution >= 4 is 46.0 Å². The van der Waals surface area contributed by atoms with Gasteiger partial charge in [-0.3, -0.25) is 4.79 Å². The average Bonchev–Trinajstić information content (AvgIpc) is 2.96. The Kier molecular flexibility index (Phi) is 5.29. The number of para-hydroxylation sites is 1. The summed E-state index contributed by atoms with van der Waals surface area (Å²) in [5, 5.41) is 2.06. The fourth-order valence-electron chi connectivity index (χ4n) is 2.25. The number of imidazole rings is 1. The summed E-state index contributed by atoms with van der Waals surface area (Å²) in [5.41, 5.74) is -1.22. The third-order valence-corrected chi connectivity index (χ3v) is 4.61. The van der Waals surface area contributed by atoms with Crippen LogP contribution in [-0.4, -0.2) is 21.6 Å². The number of hydrogen-bond acceptors (Lipinski definition) is 3. The number of nitrogens with one attached hydrogen (secondary N) is 2. The Balaban J connectivity index is 1.72. The van der Waals surface area contributed by atoms with Crippen LogP contribution >= 0.6 is 23.4 Å². The predicted octanol–water partition coefficient (Wildman–Crippen LogP) is 5.24. The molecular formula is C16H9ClF5N3OS. The second-order valence-corrected chi connectivity index (χ2v) is 6.69. The number of halogens is 6. The molecule has 0 aliphatic heterocycles. The first-order valence-corrected chi connectivity index (χ1v) is 8.64. The quantitative estimate of drug-likeness (QED) is 0.447. The second kappa shape index (κ2) is 7.35. The molecule has 3 rings (SSSR count). The van der Waals surface area contributed by atoms with Gasteiger partial charge in [0.15, 0.2) is 16.8 Å². The van der Waals surface area contributed by atoms with Gasteiger partial charge in [0.05, 0.1) is 33.1 Å². The number of rotatable bonds is 4. The first-order valence-electron chi connectivity index (χ1n) is 7.28. The van der Waals surface area contributed by atoms with E-state index in [9.17, 15) is 26.7 Å². The van der Waals surface area contributed by atoms with Gasteiger partial charge in [-0.2, -0.15) is 13.2 Å². The smallest absolute Gasteiger partial charge is 0.333 e. The number of hydrogen-bond donors (Lipinski definition) is 2. The van der Waals surface area contributed by atoms with E-state index in [0.29, 0.717) is 0 Å². The maximum atomic E-state index is 13.2. The molecule has 0 bridgehead atoms. The Labute approximate surface area is 158 Å². The van der Waals surface area contributed by atoms with Gasteiger partial charge in [0.1, 0.15) is 0 Å². The Morgan fingerprint density at radius 1 is 1.22 bits per heavy atom. The van der Waals surface area contributed by atoms with Gasteiger partial charge in [-0.25, -0.2) is 13.8 Å². The number of thioether (sulfide) groups is 1. The normalized spacial score (nSPS) is 11.8. The van der Waals surface area contributed by atoms with Gasteiger partial charge >= 0.3 is 6.18 Å². The van der Waals surface area contributed by atoms with Crippen molar-refractivity contribution in [1.82, 2.24) is 9.97 Å². The van der Waals surface area contributed by atoms with Crippen LogP contribution in [0.15, 0.2) is 35.5 Å². The van der Waals surface area contributed by atoms with Gasteiger partial charge in [-0.05, 0) is 12.1 Å². The fourth-order valence-corrected chi connectivity index (χ4v) is 3.15. The highest BCUT2D eigenvalue weighted by Crippen LogP contribution is 2.38. The van der Waals surface area contributed by atoms with Crippen LogP contribution in [0.3, 0.4) is 0 Å². The third-order valence-electron chi connectivity index (χ3n) is 3.43. The summed E-state index contributed by atoms with van der Waals surface area (Å²) in [6.07, 6.45) is -4.69. The Morgan fingerprint density at radius 2 is 1.93 bits per heavy atom. The summed E-state index contributed by atoms with van der Waals surface area (Å²) in [6, 6.07) is 4.97. The molecule has 1 amide bonds. The summed E-state index contributed by atoms with van der Waals surface area (Å²) in [6.45, 7) is 0. The van der Waals surface area contributed by atoms with Crippen molar-refractivity contribution in [2.45, 2.75) is 11.3 Å². The van der Waals surface area contributed by atoms with Crippen LogP contribution in [0.4, 0.5) is 27.6 Å². The third kappa shape index (κ3) is 4.33. The lowest BCUT2D eigenvalue weighted by atomic mass is 10.1. The fraction of sp³-hybridized carbons (Fsp3) is 0.125.